The minimum atomic E-state index is -0.333. The zero-order valence-electron chi connectivity index (χ0n) is 32.6. The van der Waals surface area contributed by atoms with E-state index in [1.54, 1.807) is 29.8 Å². The second kappa shape index (κ2) is 17.8. The van der Waals surface area contributed by atoms with Crippen LogP contribution in [0, 0.1) is 6.92 Å². The third-order valence-electron chi connectivity index (χ3n) is 9.81. The van der Waals surface area contributed by atoms with Gasteiger partial charge in [-0.2, -0.15) is 4.58 Å². The summed E-state index contributed by atoms with van der Waals surface area (Å²) in [6.45, 7) is 18.2. The van der Waals surface area contributed by atoms with E-state index in [4.69, 9.17) is 0 Å². The average molecular weight is 718 g/mol. The first kappa shape index (κ1) is 39.3. The number of para-hydroxylation sites is 1. The molecule has 2 heterocycles. The van der Waals surface area contributed by atoms with Gasteiger partial charge < -0.3 is 4.57 Å². The molecule has 5 aromatic rings. The van der Waals surface area contributed by atoms with Crippen molar-refractivity contribution in [3.8, 4) is 22.3 Å². The van der Waals surface area contributed by atoms with E-state index in [2.05, 4.69) is 111 Å². The zero-order valence-corrected chi connectivity index (χ0v) is 32.6. The van der Waals surface area contributed by atoms with Crippen LogP contribution in [0.25, 0.3) is 45.2 Å². The molecule has 0 atom stereocenters. The van der Waals surface area contributed by atoms with E-state index in [9.17, 15) is 8.78 Å². The van der Waals surface area contributed by atoms with E-state index < -0.39 is 0 Å². The van der Waals surface area contributed by atoms with Crippen LogP contribution in [0.15, 0.2) is 153 Å². The fourth-order valence-electron chi connectivity index (χ4n) is 7.36. The van der Waals surface area contributed by atoms with Gasteiger partial charge in [0.25, 0.3) is 0 Å². The number of hydrogen-bond acceptors (Lipinski definition) is 0. The number of fused-ring (bicyclic) bond motifs is 7. The average Bonchev–Trinajstić information content (AvgIpc) is 3.76. The van der Waals surface area contributed by atoms with Crippen molar-refractivity contribution in [2.24, 2.45) is 0 Å². The summed E-state index contributed by atoms with van der Waals surface area (Å²) in [5.41, 5.74) is 14.2. The minimum absolute atomic E-state index is 0.0120. The van der Waals surface area contributed by atoms with Gasteiger partial charge in [0.2, 0.25) is 11.4 Å². The molecule has 2 nitrogen and oxygen atoms in total. The van der Waals surface area contributed by atoms with Gasteiger partial charge in [0, 0.05) is 35.2 Å². The second-order valence-electron chi connectivity index (χ2n) is 13.4. The zero-order chi connectivity index (χ0) is 38.8. The van der Waals surface area contributed by atoms with Crippen LogP contribution in [0.2, 0.25) is 0 Å². The Kier molecular flexibility index (Phi) is 12.9. The Morgan fingerprint density at radius 2 is 1.50 bits per heavy atom. The fraction of sp³-hybridized carbons (Fsp3) is 0.180. The van der Waals surface area contributed by atoms with Gasteiger partial charge in [-0.05, 0) is 85.4 Å². The fourth-order valence-corrected chi connectivity index (χ4v) is 7.36. The maximum Gasteiger partial charge on any atom is 0.219 e. The molecule has 1 aliphatic carbocycles. The molecule has 0 bridgehead atoms. The van der Waals surface area contributed by atoms with Crippen LogP contribution in [0.1, 0.15) is 69.5 Å². The number of halogens is 2. The molecule has 54 heavy (non-hydrogen) atoms. The monoisotopic (exact) mass is 717 g/mol. The van der Waals surface area contributed by atoms with Gasteiger partial charge in [-0.25, -0.2) is 8.78 Å². The molecule has 274 valence electrons. The minimum Gasteiger partial charge on any atom is -0.314 e. The molecule has 1 aliphatic heterocycles. The number of nitrogens with zero attached hydrogens (tertiary/aromatic N) is 2. The van der Waals surface area contributed by atoms with Crippen LogP contribution in [-0.4, -0.2) is 10.8 Å². The lowest BCUT2D eigenvalue weighted by atomic mass is 9.82. The maximum absolute atomic E-state index is 14.5. The lowest BCUT2D eigenvalue weighted by molar-refractivity contribution is 0.660. The molecule has 0 fully saturated rings. The first-order valence-corrected chi connectivity index (χ1v) is 18.7. The predicted octanol–water partition coefficient (Wildman–Crippen LogP) is 14.6. The van der Waals surface area contributed by atoms with E-state index in [0.717, 1.165) is 16.5 Å². The van der Waals surface area contributed by atoms with Gasteiger partial charge in [0.15, 0.2) is 6.21 Å². The molecule has 2 aliphatic rings. The van der Waals surface area contributed by atoms with Gasteiger partial charge >= 0.3 is 0 Å². The summed E-state index contributed by atoms with van der Waals surface area (Å²) in [4.78, 5) is 0. The van der Waals surface area contributed by atoms with Gasteiger partial charge in [-0.15, -0.1) is 0 Å². The van der Waals surface area contributed by atoms with E-state index in [1.165, 1.54) is 62.5 Å². The highest BCUT2D eigenvalue weighted by atomic mass is 19.1. The van der Waals surface area contributed by atoms with Gasteiger partial charge in [-0.1, -0.05) is 131 Å². The highest BCUT2D eigenvalue weighted by molar-refractivity contribution is 6.01. The van der Waals surface area contributed by atoms with Crippen LogP contribution in [0.3, 0.4) is 0 Å². The summed E-state index contributed by atoms with van der Waals surface area (Å²) in [5, 5.41) is 0.912. The summed E-state index contributed by atoms with van der Waals surface area (Å²) in [6.07, 6.45) is 23.0. The highest BCUT2D eigenvalue weighted by Gasteiger charge is 2.40. The third kappa shape index (κ3) is 7.61. The second-order valence-corrected chi connectivity index (χ2v) is 13.4. The van der Waals surface area contributed by atoms with E-state index in [-0.39, 0.29) is 11.2 Å². The topological polar surface area (TPSA) is 7.94 Å². The molecule has 7 rings (SSSR count). The highest BCUT2D eigenvalue weighted by Crippen LogP contribution is 2.54. The van der Waals surface area contributed by atoms with Crippen molar-refractivity contribution in [1.82, 2.24) is 9.14 Å². The quantitative estimate of drug-likeness (QED) is 0.109. The number of allylic oxidation sites excluding steroid dienone is 10. The summed E-state index contributed by atoms with van der Waals surface area (Å²) >= 11 is 0. The summed E-state index contributed by atoms with van der Waals surface area (Å²) in [6, 6.07) is 28.1. The van der Waals surface area contributed by atoms with Crippen LogP contribution >= 0.6 is 0 Å². The molecule has 0 spiro atoms. The Balaban J connectivity index is 0.000000204. The Hall–Kier alpha value is -5.87. The van der Waals surface area contributed by atoms with Crippen LogP contribution in [0.4, 0.5) is 20.2 Å². The molecule has 1 aromatic heterocycles. The van der Waals surface area contributed by atoms with Crippen LogP contribution in [0.5, 0.6) is 0 Å². The Morgan fingerprint density at radius 1 is 0.778 bits per heavy atom. The lowest BCUT2D eigenvalue weighted by Gasteiger charge is -2.21. The lowest BCUT2D eigenvalue weighted by Crippen LogP contribution is -2.15. The van der Waals surface area contributed by atoms with Gasteiger partial charge in [0.1, 0.15) is 5.83 Å². The van der Waals surface area contributed by atoms with Crippen molar-refractivity contribution >= 4 is 40.5 Å². The van der Waals surface area contributed by atoms with Crippen molar-refractivity contribution < 1.29 is 8.78 Å². The summed E-state index contributed by atoms with van der Waals surface area (Å²) < 4.78 is 31.1. The smallest absolute Gasteiger partial charge is 0.219 e. The van der Waals surface area contributed by atoms with Crippen molar-refractivity contribution in [3.63, 3.8) is 0 Å². The molecule has 0 saturated carbocycles. The standard InChI is InChI=1S/C28H26N.C20H19F2N.C2H6/c1-5-6-7-10-15-29-26-14-13-19(2)16-22(26)23-17-21-20-11-8-9-12-24(20)28(3,4)25(21)18-27(23)29;1-3-5-6-9-15-23-19-13-8-7-11-16(19)17(12-10-14-21)20(23)18(22)4-2;1-2/h5-18H,1-4H3;3-11,13-15H,1,12H2,2H3;1-2H3/q+1;;/b6-5-,10-7-,29-15?;6-5-,14-10?,15-9+,18-4+;. The largest absolute Gasteiger partial charge is 0.314 e. The van der Waals surface area contributed by atoms with E-state index in [0.29, 0.717) is 18.4 Å². The molecular formula is C50H51F2N2+. The first-order valence-electron chi connectivity index (χ1n) is 18.7. The molecule has 0 N–H and O–H groups in total. The first-order chi connectivity index (χ1) is 26.3. The molecule has 0 amide bonds. The molecule has 4 heteroatoms. The molecular weight excluding hydrogens is 667 g/mol. The Bertz CT molecular complexity index is 2370. The van der Waals surface area contributed by atoms with E-state index >= 15 is 0 Å². The number of rotatable bonds is 8. The Labute approximate surface area is 320 Å². The Morgan fingerprint density at radius 3 is 2.24 bits per heavy atom. The number of benzene rings is 4. The molecule has 0 saturated heterocycles. The number of aryl methyl sites for hydroxylation is 1. The third-order valence-corrected chi connectivity index (χ3v) is 9.81. The molecule has 0 unspecified atom stereocenters. The van der Waals surface area contributed by atoms with Crippen molar-refractivity contribution in [2.75, 3.05) is 0 Å². The maximum atomic E-state index is 14.5. The summed E-state index contributed by atoms with van der Waals surface area (Å²) in [5.74, 6) is -0.333. The van der Waals surface area contributed by atoms with Crippen LogP contribution < -0.4 is 4.58 Å². The van der Waals surface area contributed by atoms with Crippen LogP contribution in [-0.2, 0) is 11.8 Å². The van der Waals surface area contributed by atoms with Gasteiger partial charge in [-0.3, -0.25) is 0 Å². The molecule has 0 radical (unpaired) electrons. The van der Waals surface area contributed by atoms with E-state index in [1.807, 2.05) is 63.3 Å². The van der Waals surface area contributed by atoms with Crippen molar-refractivity contribution in [2.45, 2.75) is 60.3 Å². The van der Waals surface area contributed by atoms with Crippen molar-refractivity contribution in [3.05, 3.63) is 180 Å². The van der Waals surface area contributed by atoms with Crippen molar-refractivity contribution in [1.29, 1.82) is 0 Å². The normalized spacial score (nSPS) is 14.8. The number of aromatic nitrogens is 1. The summed E-state index contributed by atoms with van der Waals surface area (Å²) in [7, 11) is 0. The SMILES string of the molecule is C/C=C\C=C/C=[N+]1c2ccc(C)cc2-c2cc3c(cc21)C(C)(C)c1ccccc1-3.C=C/C=C\C=C\n1c(/C(F)=C\C)c(CC=CF)c2ccccc21.CC. The predicted molar refractivity (Wildman–Crippen MR) is 232 cm³/mol. The number of hydrogen-bond donors (Lipinski definition) is 0. The molecule has 4 aromatic carbocycles. The van der Waals surface area contributed by atoms with Gasteiger partial charge in [0.05, 0.1) is 28.7 Å².